The molecule has 1 N–H and O–H groups in total. The predicted molar refractivity (Wildman–Crippen MR) is 138 cm³/mol. The Morgan fingerprint density at radius 3 is 2.48 bits per heavy atom. The van der Waals surface area contributed by atoms with Crippen LogP contribution in [0.25, 0.3) is 22.0 Å². The van der Waals surface area contributed by atoms with Gasteiger partial charge in [0.1, 0.15) is 5.75 Å². The maximum absolute atomic E-state index is 11.3. The molecule has 0 aliphatic heterocycles. The second-order valence-electron chi connectivity index (χ2n) is 8.19. The highest BCUT2D eigenvalue weighted by Gasteiger charge is 2.21. The summed E-state index contributed by atoms with van der Waals surface area (Å²) in [6.45, 7) is 6.19. The molecule has 0 unspecified atom stereocenters. The summed E-state index contributed by atoms with van der Waals surface area (Å²) in [5, 5.41) is 1.05. The Balaban J connectivity index is 0.00000126. The highest BCUT2D eigenvalue weighted by molar-refractivity contribution is 6.02. The van der Waals surface area contributed by atoms with Crippen LogP contribution in [0.1, 0.15) is 65.0 Å². The van der Waals surface area contributed by atoms with Crippen molar-refractivity contribution in [2.24, 2.45) is 0 Å². The van der Waals surface area contributed by atoms with Gasteiger partial charge in [-0.3, -0.25) is 4.79 Å². The highest BCUT2D eigenvalue weighted by atomic mass is 16.5. The Bertz CT molecular complexity index is 1330. The summed E-state index contributed by atoms with van der Waals surface area (Å²) in [6.07, 6.45) is 4.00. The molecule has 1 aliphatic carbocycles. The first-order valence-corrected chi connectivity index (χ1v) is 11.7. The summed E-state index contributed by atoms with van der Waals surface area (Å²) in [7, 11) is 1.72. The van der Waals surface area contributed by atoms with Gasteiger partial charge in [0.2, 0.25) is 0 Å². The average molecular weight is 438 g/mol. The maximum Gasteiger partial charge on any atom is 0.166 e. The van der Waals surface area contributed by atoms with Crippen molar-refractivity contribution in [1.82, 2.24) is 4.98 Å². The van der Waals surface area contributed by atoms with Crippen LogP contribution >= 0.6 is 0 Å². The van der Waals surface area contributed by atoms with Crippen molar-refractivity contribution < 1.29 is 9.53 Å². The number of benzene rings is 3. The molecule has 1 aromatic heterocycles. The number of rotatable bonds is 4. The zero-order chi connectivity index (χ0) is 23.4. The van der Waals surface area contributed by atoms with E-state index in [9.17, 15) is 4.79 Å². The van der Waals surface area contributed by atoms with Crippen LogP contribution in [-0.4, -0.2) is 18.4 Å². The fourth-order valence-electron chi connectivity index (χ4n) is 4.78. The fourth-order valence-corrected chi connectivity index (χ4v) is 4.78. The summed E-state index contributed by atoms with van der Waals surface area (Å²) < 4.78 is 5.51. The number of aldehydes is 1. The molecule has 3 heteroatoms. The second-order valence-corrected chi connectivity index (χ2v) is 8.19. The Morgan fingerprint density at radius 2 is 1.73 bits per heavy atom. The molecular formula is C30H31NO2. The molecule has 4 aromatic rings. The number of aromatic nitrogens is 1. The van der Waals surface area contributed by atoms with Crippen LogP contribution in [0.2, 0.25) is 0 Å². The molecule has 0 amide bonds. The Kier molecular flexibility index (Phi) is 6.79. The van der Waals surface area contributed by atoms with Crippen molar-refractivity contribution in [2.45, 2.75) is 40.0 Å². The molecule has 3 aromatic carbocycles. The van der Waals surface area contributed by atoms with Gasteiger partial charge in [0.15, 0.2) is 6.29 Å². The van der Waals surface area contributed by atoms with Crippen molar-refractivity contribution in [3.63, 3.8) is 0 Å². The van der Waals surface area contributed by atoms with Crippen LogP contribution in [0.5, 0.6) is 5.75 Å². The van der Waals surface area contributed by atoms with E-state index in [1.54, 1.807) is 7.11 Å². The van der Waals surface area contributed by atoms with E-state index in [0.29, 0.717) is 5.69 Å². The van der Waals surface area contributed by atoms with Gasteiger partial charge in [-0.2, -0.15) is 0 Å². The number of methoxy groups -OCH3 is 1. The minimum absolute atomic E-state index is 0.603. The van der Waals surface area contributed by atoms with E-state index >= 15 is 0 Å². The van der Waals surface area contributed by atoms with Crippen LogP contribution in [0.3, 0.4) is 0 Å². The number of ether oxygens (including phenoxy) is 1. The number of hydrogen-bond donors (Lipinski definition) is 1. The lowest BCUT2D eigenvalue weighted by atomic mass is 9.86. The van der Waals surface area contributed by atoms with Crippen molar-refractivity contribution in [3.8, 4) is 5.75 Å². The number of hydrogen-bond acceptors (Lipinski definition) is 2. The molecule has 0 spiro atoms. The van der Waals surface area contributed by atoms with Gasteiger partial charge < -0.3 is 9.72 Å². The largest absolute Gasteiger partial charge is 0.497 e. The van der Waals surface area contributed by atoms with Gasteiger partial charge in [0.25, 0.3) is 0 Å². The molecule has 0 saturated heterocycles. The van der Waals surface area contributed by atoms with E-state index in [1.807, 2.05) is 19.9 Å². The molecule has 0 fully saturated rings. The number of aromatic amines is 1. The summed E-state index contributed by atoms with van der Waals surface area (Å²) in [4.78, 5) is 14.4. The molecule has 0 radical (unpaired) electrons. The SMILES string of the molecule is CC.COc1ccc2c(c1)CCCC(c1ccccc1C)=C2c1ccc2[nH]c(C=O)cc2c1. The average Bonchev–Trinajstić information content (AvgIpc) is 3.18. The first kappa shape index (κ1) is 22.6. The zero-order valence-corrected chi connectivity index (χ0v) is 19.9. The predicted octanol–water partition coefficient (Wildman–Crippen LogP) is 7.62. The summed E-state index contributed by atoms with van der Waals surface area (Å²) >= 11 is 0. The number of carbonyl (C=O) groups excluding carboxylic acids is 1. The van der Waals surface area contributed by atoms with E-state index in [0.717, 1.165) is 42.2 Å². The van der Waals surface area contributed by atoms with Crippen LogP contribution in [-0.2, 0) is 6.42 Å². The van der Waals surface area contributed by atoms with Gasteiger partial charge in [-0.1, -0.05) is 50.2 Å². The Hall–Kier alpha value is -3.59. The lowest BCUT2D eigenvalue weighted by Gasteiger charge is -2.18. The topological polar surface area (TPSA) is 42.1 Å². The van der Waals surface area contributed by atoms with E-state index in [1.165, 1.54) is 39.0 Å². The summed E-state index contributed by atoms with van der Waals surface area (Å²) in [6, 6.07) is 23.4. The minimum atomic E-state index is 0.603. The molecular weight excluding hydrogens is 406 g/mol. The first-order valence-electron chi connectivity index (χ1n) is 11.7. The van der Waals surface area contributed by atoms with E-state index < -0.39 is 0 Å². The summed E-state index contributed by atoms with van der Waals surface area (Å²) in [5.41, 5.74) is 10.6. The third kappa shape index (κ3) is 4.36. The van der Waals surface area contributed by atoms with Crippen molar-refractivity contribution in [2.75, 3.05) is 7.11 Å². The van der Waals surface area contributed by atoms with Crippen LogP contribution < -0.4 is 4.74 Å². The van der Waals surface area contributed by atoms with E-state index in [-0.39, 0.29) is 0 Å². The lowest BCUT2D eigenvalue weighted by molar-refractivity contribution is 0.112. The van der Waals surface area contributed by atoms with Gasteiger partial charge in [-0.15, -0.1) is 0 Å². The minimum Gasteiger partial charge on any atom is -0.497 e. The number of nitrogens with one attached hydrogen (secondary N) is 1. The molecule has 168 valence electrons. The van der Waals surface area contributed by atoms with Crippen molar-refractivity contribution in [3.05, 3.63) is 100 Å². The molecule has 33 heavy (non-hydrogen) atoms. The van der Waals surface area contributed by atoms with Gasteiger partial charge in [0.05, 0.1) is 12.8 Å². The molecule has 5 rings (SSSR count). The van der Waals surface area contributed by atoms with Gasteiger partial charge in [-0.05, 0) is 95.5 Å². The molecule has 0 saturated carbocycles. The third-order valence-corrected chi connectivity index (χ3v) is 6.28. The summed E-state index contributed by atoms with van der Waals surface area (Å²) in [5.74, 6) is 0.897. The van der Waals surface area contributed by atoms with Gasteiger partial charge in [0, 0.05) is 10.9 Å². The van der Waals surface area contributed by atoms with E-state index in [4.69, 9.17) is 4.74 Å². The Labute approximate surface area is 196 Å². The number of carbonyl (C=O) groups is 1. The molecule has 0 atom stereocenters. The van der Waals surface area contributed by atoms with Crippen LogP contribution in [0.4, 0.5) is 0 Å². The van der Waals surface area contributed by atoms with Crippen molar-refractivity contribution in [1.29, 1.82) is 0 Å². The normalized spacial score (nSPS) is 13.1. The lowest BCUT2D eigenvalue weighted by Crippen LogP contribution is -1.98. The molecule has 0 bridgehead atoms. The van der Waals surface area contributed by atoms with E-state index in [2.05, 4.69) is 72.6 Å². The number of aryl methyl sites for hydroxylation is 2. The third-order valence-electron chi connectivity index (χ3n) is 6.28. The molecule has 1 heterocycles. The van der Waals surface area contributed by atoms with Crippen LogP contribution in [0.15, 0.2) is 66.7 Å². The first-order chi connectivity index (χ1) is 16.2. The fraction of sp³-hybridized carbons (Fsp3) is 0.233. The number of H-pyrrole nitrogens is 1. The standard InChI is InChI=1S/C28H25NO2.C2H6/c1-18-6-3-4-8-24(18)26-9-5-7-19-16-23(31-2)11-12-25(19)28(26)20-10-13-27-21(14-20)15-22(17-30)29-27;1-2/h3-4,6,8,10-17,29H,5,7,9H2,1-2H3;1-2H3. The number of fused-ring (bicyclic) bond motifs is 2. The Morgan fingerprint density at radius 1 is 0.909 bits per heavy atom. The quantitative estimate of drug-likeness (QED) is 0.334. The highest BCUT2D eigenvalue weighted by Crippen LogP contribution is 2.42. The maximum atomic E-state index is 11.3. The molecule has 3 nitrogen and oxygen atoms in total. The second kappa shape index (κ2) is 9.91. The zero-order valence-electron chi connectivity index (χ0n) is 19.9. The van der Waals surface area contributed by atoms with Gasteiger partial charge >= 0.3 is 0 Å². The van der Waals surface area contributed by atoms with Crippen LogP contribution in [0, 0.1) is 6.92 Å². The smallest absolute Gasteiger partial charge is 0.166 e. The molecule has 1 aliphatic rings. The van der Waals surface area contributed by atoms with Crippen molar-refractivity contribution >= 4 is 28.3 Å². The number of allylic oxidation sites excluding steroid dienone is 1. The van der Waals surface area contributed by atoms with Gasteiger partial charge in [-0.25, -0.2) is 0 Å². The monoisotopic (exact) mass is 437 g/mol.